The van der Waals surface area contributed by atoms with Crippen molar-refractivity contribution in [3.63, 3.8) is 0 Å². The van der Waals surface area contributed by atoms with E-state index in [0.29, 0.717) is 12.5 Å². The van der Waals surface area contributed by atoms with Crippen LogP contribution in [0.25, 0.3) is 12.2 Å². The molecular weight excluding hydrogens is 374 g/mol. The molecule has 2 aromatic carbocycles. The van der Waals surface area contributed by atoms with Crippen LogP contribution < -0.4 is 11.6 Å². The quantitative estimate of drug-likeness (QED) is 0.363. The lowest BCUT2D eigenvalue weighted by molar-refractivity contribution is 0.0697. The van der Waals surface area contributed by atoms with E-state index in [-0.39, 0.29) is 11.0 Å². The Labute approximate surface area is 178 Å². The lowest BCUT2D eigenvalue weighted by atomic mass is 9.68. The number of hydrogen-bond donors (Lipinski definition) is 3. The number of hydrogen-bond acceptors (Lipinski definition) is 4. The Bertz CT molecular complexity index is 975. The van der Waals surface area contributed by atoms with Crippen molar-refractivity contribution in [3.8, 4) is 0 Å². The molecule has 5 heteroatoms. The van der Waals surface area contributed by atoms with Crippen molar-refractivity contribution in [2.75, 3.05) is 0 Å². The highest BCUT2D eigenvalue weighted by atomic mass is 16.4. The molecule has 1 atom stereocenters. The highest BCUT2D eigenvalue weighted by molar-refractivity contribution is 5.88. The molecule has 0 bridgehead atoms. The summed E-state index contributed by atoms with van der Waals surface area (Å²) in [5.41, 5.74) is 11.9. The first-order valence-corrected chi connectivity index (χ1v) is 10.3. The predicted molar refractivity (Wildman–Crippen MR) is 123 cm³/mol. The van der Waals surface area contributed by atoms with Crippen LogP contribution in [0, 0.1) is 0 Å². The maximum Gasteiger partial charge on any atom is 0.335 e. The Morgan fingerprint density at radius 3 is 2.57 bits per heavy atom. The second-order valence-corrected chi connectivity index (χ2v) is 8.74. The lowest BCUT2D eigenvalue weighted by Crippen LogP contribution is -2.28. The lowest BCUT2D eigenvalue weighted by Gasteiger charge is -2.37. The van der Waals surface area contributed by atoms with Crippen LogP contribution in [0.1, 0.15) is 77.7 Å². The van der Waals surface area contributed by atoms with Gasteiger partial charge in [0.15, 0.2) is 0 Å². The average molecular weight is 406 g/mol. The molecule has 3 rings (SSSR count). The van der Waals surface area contributed by atoms with Gasteiger partial charge in [-0.15, -0.1) is 0 Å². The van der Waals surface area contributed by atoms with Gasteiger partial charge in [-0.05, 0) is 64.1 Å². The number of hydrazine groups is 1. The summed E-state index contributed by atoms with van der Waals surface area (Å²) in [4.78, 5) is 11.1. The summed E-state index contributed by atoms with van der Waals surface area (Å²) >= 11 is 0. The van der Waals surface area contributed by atoms with E-state index in [0.717, 1.165) is 16.7 Å². The number of nitrogens with two attached hydrogens (primary N) is 2. The van der Waals surface area contributed by atoms with Gasteiger partial charge in [-0.2, -0.15) is 0 Å². The minimum atomic E-state index is -0.921. The molecule has 0 heterocycles. The van der Waals surface area contributed by atoms with E-state index >= 15 is 0 Å². The summed E-state index contributed by atoms with van der Waals surface area (Å²) in [5, 5.41) is 10.7. The molecule has 0 spiro atoms. The fourth-order valence-corrected chi connectivity index (χ4v) is 4.12. The molecule has 0 saturated carbocycles. The van der Waals surface area contributed by atoms with Crippen LogP contribution in [-0.4, -0.2) is 16.1 Å². The molecule has 2 aromatic rings. The molecule has 0 amide bonds. The SMILES string of the molecule is CC1CCC(C)(C)c2cc(/C=C/c3ccc(C(=O)O)cc3)c(CN(N)/C=C\N)cc21. The summed E-state index contributed by atoms with van der Waals surface area (Å²) < 4.78 is 0. The van der Waals surface area contributed by atoms with Gasteiger partial charge < -0.3 is 15.8 Å². The van der Waals surface area contributed by atoms with E-state index < -0.39 is 5.97 Å². The van der Waals surface area contributed by atoms with Gasteiger partial charge >= 0.3 is 5.97 Å². The monoisotopic (exact) mass is 405 g/mol. The number of carbonyl (C=O) groups is 1. The Hall–Kier alpha value is -3.05. The molecule has 0 aliphatic heterocycles. The molecule has 0 saturated heterocycles. The zero-order valence-electron chi connectivity index (χ0n) is 17.9. The molecular formula is C25H31N3O2. The van der Waals surface area contributed by atoms with E-state index in [2.05, 4.69) is 39.0 Å². The molecule has 30 heavy (non-hydrogen) atoms. The van der Waals surface area contributed by atoms with Gasteiger partial charge in [0.2, 0.25) is 0 Å². The third-order valence-corrected chi connectivity index (χ3v) is 6.02. The molecule has 1 aliphatic rings. The van der Waals surface area contributed by atoms with Crippen LogP contribution >= 0.6 is 0 Å². The third-order valence-electron chi connectivity index (χ3n) is 6.02. The minimum absolute atomic E-state index is 0.131. The number of carboxylic acid groups (broad SMARTS) is 1. The average Bonchev–Trinajstić information content (AvgIpc) is 2.70. The van der Waals surface area contributed by atoms with Gasteiger partial charge in [-0.3, -0.25) is 0 Å². The largest absolute Gasteiger partial charge is 0.478 e. The standard InChI is InChI=1S/C25H31N3O2/c1-17-10-11-25(2,3)23-15-20(21(14-22(17)23)16-28(27)13-12-26)9-6-18-4-7-19(8-5-18)24(29)30/h4-9,12-15,17H,10-11,16,26-27H2,1-3H3,(H,29,30)/b9-6+,13-12-. The van der Waals surface area contributed by atoms with Crippen LogP contribution in [0.2, 0.25) is 0 Å². The molecule has 158 valence electrons. The summed E-state index contributed by atoms with van der Waals surface area (Å²) in [7, 11) is 0. The van der Waals surface area contributed by atoms with Gasteiger partial charge in [0, 0.05) is 12.4 Å². The topological polar surface area (TPSA) is 92.6 Å². The van der Waals surface area contributed by atoms with Crippen molar-refractivity contribution in [2.24, 2.45) is 11.6 Å². The van der Waals surface area contributed by atoms with Gasteiger partial charge in [-0.25, -0.2) is 10.6 Å². The van der Waals surface area contributed by atoms with Crippen LogP contribution in [0.3, 0.4) is 0 Å². The van der Waals surface area contributed by atoms with Crippen LogP contribution in [0.15, 0.2) is 48.8 Å². The van der Waals surface area contributed by atoms with Crippen LogP contribution in [-0.2, 0) is 12.0 Å². The van der Waals surface area contributed by atoms with E-state index in [1.165, 1.54) is 30.2 Å². The van der Waals surface area contributed by atoms with E-state index in [9.17, 15) is 4.79 Å². The first-order chi connectivity index (χ1) is 14.2. The zero-order chi connectivity index (χ0) is 21.9. The normalized spacial score (nSPS) is 17.9. The second kappa shape index (κ2) is 8.76. The maximum absolute atomic E-state index is 11.1. The first kappa shape index (κ1) is 21.7. The van der Waals surface area contributed by atoms with E-state index in [1.807, 2.05) is 18.2 Å². The highest BCUT2D eigenvalue weighted by Crippen LogP contribution is 2.43. The second-order valence-electron chi connectivity index (χ2n) is 8.74. The van der Waals surface area contributed by atoms with E-state index in [1.54, 1.807) is 23.3 Å². The van der Waals surface area contributed by atoms with Crippen molar-refractivity contribution < 1.29 is 9.90 Å². The van der Waals surface area contributed by atoms with Crippen molar-refractivity contribution in [3.05, 3.63) is 82.2 Å². The molecule has 1 unspecified atom stereocenters. The Kier molecular flexibility index (Phi) is 6.32. The van der Waals surface area contributed by atoms with E-state index in [4.69, 9.17) is 16.7 Å². The maximum atomic E-state index is 11.1. The summed E-state index contributed by atoms with van der Waals surface area (Å²) in [6.07, 6.45) is 9.53. The smallest absolute Gasteiger partial charge is 0.335 e. The Morgan fingerprint density at radius 1 is 1.23 bits per heavy atom. The van der Waals surface area contributed by atoms with Gasteiger partial charge in [0.1, 0.15) is 0 Å². The summed E-state index contributed by atoms with van der Waals surface area (Å²) in [6.45, 7) is 7.45. The number of nitrogens with zero attached hydrogens (tertiary/aromatic N) is 1. The zero-order valence-corrected chi connectivity index (χ0v) is 17.9. The molecule has 0 fully saturated rings. The highest BCUT2D eigenvalue weighted by Gasteiger charge is 2.31. The van der Waals surface area contributed by atoms with Gasteiger partial charge in [-0.1, -0.05) is 57.2 Å². The van der Waals surface area contributed by atoms with Gasteiger partial charge in [0.05, 0.1) is 12.1 Å². The van der Waals surface area contributed by atoms with Crippen molar-refractivity contribution in [1.29, 1.82) is 0 Å². The minimum Gasteiger partial charge on any atom is -0.478 e. The van der Waals surface area contributed by atoms with Crippen molar-refractivity contribution in [1.82, 2.24) is 5.01 Å². The van der Waals surface area contributed by atoms with Gasteiger partial charge in [0.25, 0.3) is 0 Å². The fraction of sp³-hybridized carbons (Fsp3) is 0.320. The van der Waals surface area contributed by atoms with Crippen LogP contribution in [0.4, 0.5) is 0 Å². The molecule has 0 radical (unpaired) electrons. The van der Waals surface area contributed by atoms with Crippen LogP contribution in [0.5, 0.6) is 0 Å². The predicted octanol–water partition coefficient (Wildman–Crippen LogP) is 4.84. The number of fused-ring (bicyclic) bond motifs is 1. The summed E-state index contributed by atoms with van der Waals surface area (Å²) in [5.74, 6) is 5.68. The number of aromatic carboxylic acids is 1. The number of rotatable bonds is 6. The molecule has 0 aromatic heterocycles. The first-order valence-electron chi connectivity index (χ1n) is 10.3. The molecule has 1 aliphatic carbocycles. The fourth-order valence-electron chi connectivity index (χ4n) is 4.12. The third kappa shape index (κ3) is 4.74. The Morgan fingerprint density at radius 2 is 1.93 bits per heavy atom. The number of benzene rings is 2. The molecule has 5 nitrogen and oxygen atoms in total. The number of carboxylic acids is 1. The van der Waals surface area contributed by atoms with Crippen molar-refractivity contribution >= 4 is 18.1 Å². The van der Waals surface area contributed by atoms with Crippen molar-refractivity contribution in [2.45, 2.75) is 51.5 Å². The summed E-state index contributed by atoms with van der Waals surface area (Å²) in [6, 6.07) is 11.5. The molecule has 5 N–H and O–H groups in total. The Balaban J connectivity index is 2.02.